The maximum atomic E-state index is 11.6. The molecule has 1 unspecified atom stereocenters. The van der Waals surface area contributed by atoms with Crippen LogP contribution in [0.25, 0.3) is 0 Å². The lowest BCUT2D eigenvalue weighted by molar-refractivity contribution is -0.123. The Hall–Kier alpha value is 0.0200. The average Bonchev–Trinajstić information content (AvgIpc) is 2.18. The zero-order valence-corrected chi connectivity index (χ0v) is 9.53. The maximum absolute atomic E-state index is 11.6. The van der Waals surface area contributed by atoms with Gasteiger partial charge in [-0.2, -0.15) is 11.8 Å². The van der Waals surface area contributed by atoms with Gasteiger partial charge in [0, 0.05) is 12.3 Å². The Kier molecular flexibility index (Phi) is 4.86. The van der Waals surface area contributed by atoms with E-state index in [-0.39, 0.29) is 5.92 Å². The van der Waals surface area contributed by atoms with Crippen molar-refractivity contribution < 1.29 is 4.79 Å². The van der Waals surface area contributed by atoms with Crippen LogP contribution in [0.3, 0.4) is 0 Å². The van der Waals surface area contributed by atoms with Crippen molar-refractivity contribution in [1.29, 1.82) is 0 Å². The van der Waals surface area contributed by atoms with Gasteiger partial charge in [0.05, 0.1) is 0 Å². The van der Waals surface area contributed by atoms with E-state index in [9.17, 15) is 4.79 Å². The molecule has 0 bridgehead atoms. The number of carbonyl (C=O) groups is 1. The van der Waals surface area contributed by atoms with Gasteiger partial charge in [-0.25, -0.2) is 0 Å². The molecule has 0 aromatic carbocycles. The predicted molar refractivity (Wildman–Crippen MR) is 59.1 cm³/mol. The molecule has 1 fully saturated rings. The minimum atomic E-state index is 0.287. The van der Waals surface area contributed by atoms with Crippen LogP contribution in [0.1, 0.15) is 39.5 Å². The fourth-order valence-corrected chi connectivity index (χ4v) is 2.87. The zero-order chi connectivity index (χ0) is 9.68. The Morgan fingerprint density at radius 3 is 2.62 bits per heavy atom. The first-order valence-corrected chi connectivity index (χ1v) is 6.50. The molecule has 1 saturated heterocycles. The molecule has 0 aliphatic carbocycles. The summed E-state index contributed by atoms with van der Waals surface area (Å²) in [6, 6.07) is 0. The monoisotopic (exact) mass is 200 g/mol. The van der Waals surface area contributed by atoms with Gasteiger partial charge in [0.1, 0.15) is 5.78 Å². The van der Waals surface area contributed by atoms with Crippen molar-refractivity contribution in [1.82, 2.24) is 0 Å². The molecule has 1 heterocycles. The summed E-state index contributed by atoms with van der Waals surface area (Å²) in [5.41, 5.74) is 0. The summed E-state index contributed by atoms with van der Waals surface area (Å²) in [6.45, 7) is 4.15. The number of ketones is 1. The lowest BCUT2D eigenvalue weighted by atomic mass is 9.90. The van der Waals surface area contributed by atoms with Crippen LogP contribution >= 0.6 is 11.8 Å². The molecule has 13 heavy (non-hydrogen) atoms. The molecular weight excluding hydrogens is 180 g/mol. The Morgan fingerprint density at radius 2 is 2.08 bits per heavy atom. The zero-order valence-electron chi connectivity index (χ0n) is 8.71. The van der Waals surface area contributed by atoms with Crippen molar-refractivity contribution in [3.05, 3.63) is 0 Å². The van der Waals surface area contributed by atoms with Crippen molar-refractivity contribution in [3.8, 4) is 0 Å². The van der Waals surface area contributed by atoms with Gasteiger partial charge in [0.2, 0.25) is 0 Å². The summed E-state index contributed by atoms with van der Waals surface area (Å²) < 4.78 is 0. The Morgan fingerprint density at radius 1 is 1.46 bits per heavy atom. The number of hydrogen-bond acceptors (Lipinski definition) is 2. The molecule has 0 aromatic heterocycles. The molecule has 1 nitrogen and oxygen atoms in total. The highest BCUT2D eigenvalue weighted by molar-refractivity contribution is 7.99. The molecule has 0 radical (unpaired) electrons. The normalized spacial score (nSPS) is 21.4. The third kappa shape index (κ3) is 3.72. The summed E-state index contributed by atoms with van der Waals surface area (Å²) in [7, 11) is 0. The van der Waals surface area contributed by atoms with Crippen LogP contribution in [-0.2, 0) is 4.79 Å². The van der Waals surface area contributed by atoms with Crippen LogP contribution in [0.5, 0.6) is 0 Å². The first-order valence-electron chi connectivity index (χ1n) is 5.34. The van der Waals surface area contributed by atoms with E-state index >= 15 is 0 Å². The highest BCUT2D eigenvalue weighted by atomic mass is 32.2. The number of Topliss-reactive ketones (excluding diaryl/α,β-unsaturated/α-hetero) is 1. The van der Waals surface area contributed by atoms with Crippen molar-refractivity contribution in [3.63, 3.8) is 0 Å². The quantitative estimate of drug-likeness (QED) is 0.693. The van der Waals surface area contributed by atoms with E-state index < -0.39 is 0 Å². The summed E-state index contributed by atoms with van der Waals surface area (Å²) in [5, 5.41) is 0. The minimum Gasteiger partial charge on any atom is -0.299 e. The highest BCUT2D eigenvalue weighted by Gasteiger charge is 2.19. The summed E-state index contributed by atoms with van der Waals surface area (Å²) in [6.07, 6.45) is 4.36. The van der Waals surface area contributed by atoms with Gasteiger partial charge in [-0.05, 0) is 36.7 Å². The van der Waals surface area contributed by atoms with E-state index in [1.54, 1.807) is 0 Å². The van der Waals surface area contributed by atoms with Crippen LogP contribution < -0.4 is 0 Å². The van der Waals surface area contributed by atoms with Crippen LogP contribution in [0.2, 0.25) is 0 Å². The number of hydrogen-bond donors (Lipinski definition) is 0. The molecule has 0 N–H and O–H groups in total. The predicted octanol–water partition coefficient (Wildman–Crippen LogP) is 3.13. The second-order valence-corrected chi connectivity index (χ2v) is 5.26. The summed E-state index contributed by atoms with van der Waals surface area (Å²) in [4.78, 5) is 11.6. The van der Waals surface area contributed by atoms with Crippen molar-refractivity contribution in [2.75, 3.05) is 11.5 Å². The molecule has 1 rings (SSSR count). The Labute approximate surface area is 85.7 Å². The van der Waals surface area contributed by atoms with Crippen molar-refractivity contribution in [2.24, 2.45) is 11.8 Å². The average molecular weight is 200 g/mol. The van der Waals surface area contributed by atoms with E-state index in [0.29, 0.717) is 11.7 Å². The molecule has 0 spiro atoms. The minimum absolute atomic E-state index is 0.287. The van der Waals surface area contributed by atoms with E-state index in [4.69, 9.17) is 0 Å². The van der Waals surface area contributed by atoms with E-state index in [2.05, 4.69) is 13.8 Å². The lowest BCUT2D eigenvalue weighted by Crippen LogP contribution is -2.18. The molecule has 1 aliphatic rings. The van der Waals surface area contributed by atoms with Crippen LogP contribution in [0.15, 0.2) is 0 Å². The molecule has 1 aliphatic heterocycles. The third-order valence-corrected chi connectivity index (χ3v) is 4.04. The lowest BCUT2D eigenvalue weighted by Gasteiger charge is -2.21. The largest absolute Gasteiger partial charge is 0.299 e. The van der Waals surface area contributed by atoms with Gasteiger partial charge >= 0.3 is 0 Å². The molecule has 2 heteroatoms. The van der Waals surface area contributed by atoms with Gasteiger partial charge in [-0.15, -0.1) is 0 Å². The van der Waals surface area contributed by atoms with Crippen LogP contribution in [-0.4, -0.2) is 17.3 Å². The highest BCUT2D eigenvalue weighted by Crippen LogP contribution is 2.26. The second kappa shape index (κ2) is 5.69. The van der Waals surface area contributed by atoms with E-state index in [1.165, 1.54) is 24.3 Å². The molecule has 0 amide bonds. The van der Waals surface area contributed by atoms with E-state index in [1.807, 2.05) is 11.8 Å². The first-order chi connectivity index (χ1) is 6.24. The number of thioether (sulfide) groups is 1. The molecular formula is C11H20OS. The van der Waals surface area contributed by atoms with Crippen molar-refractivity contribution >= 4 is 17.5 Å². The van der Waals surface area contributed by atoms with Gasteiger partial charge in [0.15, 0.2) is 0 Å². The molecule has 0 aromatic rings. The Bertz CT molecular complexity index is 161. The standard InChI is InChI=1S/C11H20OS/c1-3-9(2)11(12)8-10-4-6-13-7-5-10/h9-10H,3-8H2,1-2H3. The fourth-order valence-electron chi connectivity index (χ4n) is 1.66. The van der Waals surface area contributed by atoms with Gasteiger partial charge < -0.3 is 0 Å². The van der Waals surface area contributed by atoms with Crippen LogP contribution in [0.4, 0.5) is 0 Å². The molecule has 1 atom stereocenters. The topological polar surface area (TPSA) is 17.1 Å². The molecule has 76 valence electrons. The van der Waals surface area contributed by atoms with Gasteiger partial charge in [0.25, 0.3) is 0 Å². The second-order valence-electron chi connectivity index (χ2n) is 4.04. The SMILES string of the molecule is CCC(C)C(=O)CC1CCSCC1. The van der Waals surface area contributed by atoms with E-state index in [0.717, 1.165) is 12.8 Å². The van der Waals surface area contributed by atoms with Gasteiger partial charge in [-0.3, -0.25) is 4.79 Å². The third-order valence-electron chi connectivity index (χ3n) is 2.99. The van der Waals surface area contributed by atoms with Crippen molar-refractivity contribution in [2.45, 2.75) is 39.5 Å². The summed E-state index contributed by atoms with van der Waals surface area (Å²) >= 11 is 2.03. The van der Waals surface area contributed by atoms with Gasteiger partial charge in [-0.1, -0.05) is 13.8 Å². The van der Waals surface area contributed by atoms with Crippen LogP contribution in [0, 0.1) is 11.8 Å². The summed E-state index contributed by atoms with van der Waals surface area (Å²) in [5.74, 6) is 3.99. The molecule has 0 saturated carbocycles. The first kappa shape index (κ1) is 11.1. The number of carbonyl (C=O) groups excluding carboxylic acids is 1. The number of rotatable bonds is 4. The fraction of sp³-hybridized carbons (Fsp3) is 0.909. The maximum Gasteiger partial charge on any atom is 0.135 e. The smallest absolute Gasteiger partial charge is 0.135 e. The Balaban J connectivity index is 2.26.